The van der Waals surface area contributed by atoms with Crippen LogP contribution in [0, 0.1) is 0 Å². The fourth-order valence-corrected chi connectivity index (χ4v) is 6.29. The third-order valence-electron chi connectivity index (χ3n) is 8.69. The molecule has 0 saturated heterocycles. The van der Waals surface area contributed by atoms with Gasteiger partial charge in [0, 0.05) is 25.8 Å². The number of hydrogen-bond donors (Lipinski definition) is 2. The van der Waals surface area contributed by atoms with E-state index in [2.05, 4.69) is 38.2 Å². The van der Waals surface area contributed by atoms with Crippen molar-refractivity contribution < 1.29 is 42.4 Å². The van der Waals surface area contributed by atoms with Crippen molar-refractivity contribution in [2.45, 2.75) is 180 Å². The monoisotopic (exact) mass is 782 g/mol. The Hall–Kier alpha value is -2.36. The molecule has 0 aliphatic heterocycles. The molecule has 0 heterocycles. The van der Waals surface area contributed by atoms with Gasteiger partial charge >= 0.3 is 19.8 Å². The van der Waals surface area contributed by atoms with E-state index < -0.39 is 32.5 Å². The first-order chi connectivity index (χ1) is 26.2. The van der Waals surface area contributed by atoms with E-state index >= 15 is 0 Å². The molecule has 0 aromatic heterocycles. The molecule has 3 N–H and O–H groups in total. The van der Waals surface area contributed by atoms with E-state index in [1.807, 2.05) is 12.2 Å². The average Bonchev–Trinajstić information content (AvgIpc) is 3.15. The van der Waals surface area contributed by atoms with Crippen molar-refractivity contribution in [3.8, 4) is 0 Å². The number of rotatable bonds is 39. The van der Waals surface area contributed by atoms with Crippen LogP contribution >= 0.6 is 7.82 Å². The summed E-state index contributed by atoms with van der Waals surface area (Å²) in [5.41, 5.74) is 5.33. The Morgan fingerprint density at radius 3 is 1.76 bits per heavy atom. The highest BCUT2D eigenvalue weighted by Gasteiger charge is 2.26. The minimum Gasteiger partial charge on any atom is -0.462 e. The predicted molar refractivity (Wildman–Crippen MR) is 220 cm³/mol. The molecule has 0 aromatic carbocycles. The Bertz CT molecular complexity index is 1090. The fourth-order valence-electron chi connectivity index (χ4n) is 5.53. The molecule has 11 heteroatoms. The first kappa shape index (κ1) is 51.6. The lowest BCUT2D eigenvalue weighted by atomic mass is 10.0. The van der Waals surface area contributed by atoms with Crippen molar-refractivity contribution in [1.82, 2.24) is 0 Å². The Morgan fingerprint density at radius 1 is 0.611 bits per heavy atom. The molecule has 54 heavy (non-hydrogen) atoms. The lowest BCUT2D eigenvalue weighted by molar-refractivity contribution is -0.161. The molecule has 0 spiro atoms. The molecular weight excluding hydrogens is 705 g/mol. The number of hydrogen-bond acceptors (Lipinski definition) is 9. The van der Waals surface area contributed by atoms with E-state index in [9.17, 15) is 23.8 Å². The molecule has 0 radical (unpaired) electrons. The summed E-state index contributed by atoms with van der Waals surface area (Å²) in [4.78, 5) is 47.0. The molecule has 1 unspecified atom stereocenters. The number of phosphoric ester groups is 1. The van der Waals surface area contributed by atoms with Gasteiger partial charge in [0.1, 0.15) is 6.61 Å². The Morgan fingerprint density at radius 2 is 1.15 bits per heavy atom. The van der Waals surface area contributed by atoms with Crippen LogP contribution in [0.4, 0.5) is 0 Å². The van der Waals surface area contributed by atoms with Crippen LogP contribution in [0.3, 0.4) is 0 Å². The van der Waals surface area contributed by atoms with E-state index in [-0.39, 0.29) is 44.8 Å². The highest BCUT2D eigenvalue weighted by molar-refractivity contribution is 7.47. The van der Waals surface area contributed by atoms with E-state index in [0.717, 1.165) is 38.5 Å². The second-order valence-corrected chi connectivity index (χ2v) is 15.4. The lowest BCUT2D eigenvalue weighted by Crippen LogP contribution is -2.29. The number of esters is 2. The molecule has 0 fully saturated rings. The first-order valence-electron chi connectivity index (χ1n) is 21.1. The number of ketones is 1. The van der Waals surface area contributed by atoms with E-state index in [1.54, 1.807) is 6.08 Å². The summed E-state index contributed by atoms with van der Waals surface area (Å²) in [6.45, 7) is 3.42. The van der Waals surface area contributed by atoms with Gasteiger partial charge in [-0.2, -0.15) is 0 Å². The maximum Gasteiger partial charge on any atom is 0.472 e. The number of allylic oxidation sites excluding steroid dienone is 8. The van der Waals surface area contributed by atoms with Gasteiger partial charge in [-0.3, -0.25) is 23.4 Å². The molecule has 2 atom stereocenters. The van der Waals surface area contributed by atoms with Gasteiger partial charge in [-0.25, -0.2) is 4.57 Å². The van der Waals surface area contributed by atoms with Gasteiger partial charge in [0.2, 0.25) is 0 Å². The molecular formula is C43H76NO9P. The number of carbonyl (C=O) groups excluding carboxylic acids is 3. The number of unbranched alkanes of at least 4 members (excludes halogenated alkanes) is 17. The van der Waals surface area contributed by atoms with Crippen LogP contribution in [0.15, 0.2) is 48.6 Å². The maximum atomic E-state index is 12.6. The fraction of sp³-hybridized carbons (Fsp3) is 0.744. The van der Waals surface area contributed by atoms with Gasteiger partial charge in [0.05, 0.1) is 13.2 Å². The van der Waals surface area contributed by atoms with E-state index in [1.165, 1.54) is 96.0 Å². The molecule has 0 amide bonds. The van der Waals surface area contributed by atoms with Crippen LogP contribution in [0.25, 0.3) is 0 Å². The highest BCUT2D eigenvalue weighted by Crippen LogP contribution is 2.43. The third kappa shape index (κ3) is 37.9. The Labute approximate surface area is 328 Å². The van der Waals surface area contributed by atoms with Crippen LogP contribution in [-0.4, -0.2) is 55.1 Å². The molecule has 0 aliphatic rings. The molecule has 0 bridgehead atoms. The lowest BCUT2D eigenvalue weighted by Gasteiger charge is -2.19. The van der Waals surface area contributed by atoms with Crippen LogP contribution in [0.5, 0.6) is 0 Å². The van der Waals surface area contributed by atoms with Crippen molar-refractivity contribution in [3.63, 3.8) is 0 Å². The van der Waals surface area contributed by atoms with Gasteiger partial charge in [0.15, 0.2) is 11.9 Å². The normalized spacial score (nSPS) is 13.7. The van der Waals surface area contributed by atoms with E-state index in [0.29, 0.717) is 12.8 Å². The van der Waals surface area contributed by atoms with Crippen LogP contribution < -0.4 is 5.73 Å². The highest BCUT2D eigenvalue weighted by atomic mass is 31.2. The number of nitrogens with two attached hydrogens (primary N) is 1. The van der Waals surface area contributed by atoms with Gasteiger partial charge in [0.25, 0.3) is 0 Å². The smallest absolute Gasteiger partial charge is 0.462 e. The Balaban J connectivity index is 4.36. The summed E-state index contributed by atoms with van der Waals surface area (Å²) in [5.74, 6) is -1.19. The van der Waals surface area contributed by atoms with Crippen molar-refractivity contribution in [1.29, 1.82) is 0 Å². The molecule has 0 saturated carbocycles. The standard InChI is InChI=1S/C43H76NO9P/c1-3-5-7-9-11-13-15-17-18-20-22-24-26-28-30-34-43(47)53-41(39-52-54(48,49)51-37-36-44)38-50-42(46)35-31-33-40(45)32-29-27-25-23-21-19-16-14-12-10-8-6-4-2/h12,14,19,21,25,27,29,32,41H,3-11,13,15-18,20,22-24,26,28,30-31,33-39,44H2,1-2H3,(H,48,49)/b14-12-,21-19-,27-25-,32-29+/t41-/m1/s1. The van der Waals surface area contributed by atoms with Gasteiger partial charge in [-0.1, -0.05) is 159 Å². The van der Waals surface area contributed by atoms with Crippen molar-refractivity contribution in [3.05, 3.63) is 48.6 Å². The first-order valence-corrected chi connectivity index (χ1v) is 22.6. The van der Waals surface area contributed by atoms with Gasteiger partial charge < -0.3 is 20.1 Å². The summed E-state index contributed by atoms with van der Waals surface area (Å²) in [6, 6.07) is 0. The number of carbonyl (C=O) groups is 3. The summed E-state index contributed by atoms with van der Waals surface area (Å²) >= 11 is 0. The molecule has 0 aromatic rings. The number of ether oxygens (including phenoxy) is 2. The largest absolute Gasteiger partial charge is 0.472 e. The quantitative estimate of drug-likeness (QED) is 0.0154. The topological polar surface area (TPSA) is 151 Å². The summed E-state index contributed by atoms with van der Waals surface area (Å²) in [5, 5.41) is 0. The SMILES string of the molecule is CCCCC/C=C\C/C=C\C/C=C\C=C\C(=O)CCCC(=O)OC[C@H](COP(=O)(O)OCCN)OC(=O)CCCCCCCCCCCCCCCCC. The minimum absolute atomic E-state index is 0.00792. The maximum absolute atomic E-state index is 12.6. The Kier molecular flexibility index (Phi) is 37.2. The second kappa shape index (κ2) is 38.9. The molecule has 10 nitrogen and oxygen atoms in total. The minimum atomic E-state index is -4.43. The zero-order valence-electron chi connectivity index (χ0n) is 33.9. The van der Waals surface area contributed by atoms with E-state index in [4.69, 9.17) is 24.3 Å². The summed E-state index contributed by atoms with van der Waals surface area (Å²) < 4.78 is 32.5. The number of phosphoric acid groups is 1. The average molecular weight is 782 g/mol. The van der Waals surface area contributed by atoms with Crippen molar-refractivity contribution in [2.24, 2.45) is 5.73 Å². The predicted octanol–water partition coefficient (Wildman–Crippen LogP) is 11.1. The van der Waals surface area contributed by atoms with Crippen molar-refractivity contribution in [2.75, 3.05) is 26.4 Å². The van der Waals surface area contributed by atoms with Crippen LogP contribution in [-0.2, 0) is 37.5 Å². The van der Waals surface area contributed by atoms with Crippen LogP contribution in [0.1, 0.15) is 174 Å². The zero-order valence-corrected chi connectivity index (χ0v) is 34.8. The summed E-state index contributed by atoms with van der Waals surface area (Å²) in [6.07, 6.45) is 40.0. The van der Waals surface area contributed by atoms with Gasteiger partial charge in [-0.05, 0) is 44.6 Å². The molecule has 0 aliphatic carbocycles. The third-order valence-corrected chi connectivity index (χ3v) is 9.68. The van der Waals surface area contributed by atoms with Crippen molar-refractivity contribution >= 4 is 25.5 Å². The molecule has 312 valence electrons. The van der Waals surface area contributed by atoms with Gasteiger partial charge in [-0.15, -0.1) is 0 Å². The molecule has 0 rings (SSSR count). The van der Waals surface area contributed by atoms with Crippen LogP contribution in [0.2, 0.25) is 0 Å². The second-order valence-electron chi connectivity index (χ2n) is 13.9. The zero-order chi connectivity index (χ0) is 39.8. The summed E-state index contributed by atoms with van der Waals surface area (Å²) in [7, 11) is -4.43.